The van der Waals surface area contributed by atoms with Crippen molar-refractivity contribution in [2.75, 3.05) is 32.1 Å². The third kappa shape index (κ3) is 4.73. The van der Waals surface area contributed by atoms with Crippen molar-refractivity contribution >= 4 is 11.6 Å². The van der Waals surface area contributed by atoms with Crippen molar-refractivity contribution in [1.29, 1.82) is 5.26 Å². The van der Waals surface area contributed by atoms with Gasteiger partial charge in [-0.1, -0.05) is 0 Å². The van der Waals surface area contributed by atoms with Crippen molar-refractivity contribution in [3.8, 4) is 28.8 Å². The van der Waals surface area contributed by atoms with E-state index < -0.39 is 5.82 Å². The topological polar surface area (TPSA) is 121 Å². The minimum Gasteiger partial charge on any atom is -0.493 e. The van der Waals surface area contributed by atoms with Crippen LogP contribution in [-0.4, -0.2) is 47.0 Å². The molecule has 1 aliphatic heterocycles. The van der Waals surface area contributed by atoms with Crippen molar-refractivity contribution in [2.24, 2.45) is 5.92 Å². The maximum atomic E-state index is 14.5. The largest absolute Gasteiger partial charge is 0.493 e. The van der Waals surface area contributed by atoms with Crippen LogP contribution < -0.4 is 20.1 Å². The highest BCUT2D eigenvalue weighted by atomic mass is 19.1. The highest BCUT2D eigenvalue weighted by Gasteiger charge is 2.21. The molecule has 1 aromatic carbocycles. The zero-order valence-corrected chi connectivity index (χ0v) is 17.0. The lowest BCUT2D eigenvalue weighted by Crippen LogP contribution is -2.33. The SMILES string of the molecule is COc1c(F)ccc(OC[C@H]2CCCNC2)c1-c1cc(Nc2cnc(C#N)cn2)n[nH]1. The summed E-state index contributed by atoms with van der Waals surface area (Å²) in [6.45, 7) is 2.45. The Morgan fingerprint density at radius 2 is 2.19 bits per heavy atom. The molecule has 160 valence electrons. The van der Waals surface area contributed by atoms with Gasteiger partial charge in [0.1, 0.15) is 17.6 Å². The number of benzene rings is 1. The minimum absolute atomic E-state index is 0.0765. The summed E-state index contributed by atoms with van der Waals surface area (Å²) in [6.07, 6.45) is 4.99. The molecule has 1 aliphatic rings. The molecule has 10 heteroatoms. The molecule has 0 bridgehead atoms. The molecule has 4 rings (SSSR count). The average molecular weight is 423 g/mol. The number of anilines is 2. The van der Waals surface area contributed by atoms with Crippen LogP contribution in [-0.2, 0) is 0 Å². The van der Waals surface area contributed by atoms with Gasteiger partial charge in [0.25, 0.3) is 0 Å². The molecule has 2 aromatic heterocycles. The van der Waals surface area contributed by atoms with Crippen LogP contribution in [0.2, 0.25) is 0 Å². The second-order valence-electron chi connectivity index (χ2n) is 7.17. The third-order valence-electron chi connectivity index (χ3n) is 5.02. The Balaban J connectivity index is 1.58. The zero-order valence-electron chi connectivity index (χ0n) is 17.0. The summed E-state index contributed by atoms with van der Waals surface area (Å²) in [7, 11) is 1.42. The van der Waals surface area contributed by atoms with Gasteiger partial charge in [0.05, 0.1) is 37.4 Å². The predicted molar refractivity (Wildman–Crippen MR) is 112 cm³/mol. The zero-order chi connectivity index (χ0) is 21.6. The fourth-order valence-electron chi connectivity index (χ4n) is 3.48. The fraction of sp³-hybridized carbons (Fsp3) is 0.333. The fourth-order valence-corrected chi connectivity index (χ4v) is 3.48. The van der Waals surface area contributed by atoms with Gasteiger partial charge in [-0.2, -0.15) is 10.4 Å². The molecule has 3 aromatic rings. The van der Waals surface area contributed by atoms with E-state index in [1.54, 1.807) is 12.1 Å². The number of nitriles is 1. The van der Waals surface area contributed by atoms with Crippen molar-refractivity contribution < 1.29 is 13.9 Å². The van der Waals surface area contributed by atoms with Crippen LogP contribution in [0.3, 0.4) is 0 Å². The summed E-state index contributed by atoms with van der Waals surface area (Å²) < 4.78 is 25.9. The Hall–Kier alpha value is -3.71. The van der Waals surface area contributed by atoms with Crippen molar-refractivity contribution in [1.82, 2.24) is 25.5 Å². The molecule has 3 heterocycles. The summed E-state index contributed by atoms with van der Waals surface area (Å²) in [5.74, 6) is 1.36. The molecule has 0 unspecified atom stereocenters. The smallest absolute Gasteiger partial charge is 0.167 e. The quantitative estimate of drug-likeness (QED) is 0.530. The molecule has 31 heavy (non-hydrogen) atoms. The second kappa shape index (κ2) is 9.40. The van der Waals surface area contributed by atoms with Crippen molar-refractivity contribution in [3.05, 3.63) is 42.1 Å². The summed E-state index contributed by atoms with van der Waals surface area (Å²) >= 11 is 0. The van der Waals surface area contributed by atoms with Gasteiger partial charge in [0, 0.05) is 18.5 Å². The number of ether oxygens (including phenoxy) is 2. The van der Waals surface area contributed by atoms with Crippen molar-refractivity contribution in [3.63, 3.8) is 0 Å². The lowest BCUT2D eigenvalue weighted by atomic mass is 10.0. The van der Waals surface area contributed by atoms with E-state index >= 15 is 0 Å². The Morgan fingerprint density at radius 1 is 1.29 bits per heavy atom. The van der Waals surface area contributed by atoms with Crippen LogP contribution >= 0.6 is 0 Å². The van der Waals surface area contributed by atoms with Crippen LogP contribution in [0, 0.1) is 23.1 Å². The van der Waals surface area contributed by atoms with E-state index in [0.717, 1.165) is 25.9 Å². The first kappa shape index (κ1) is 20.6. The molecule has 1 fully saturated rings. The number of methoxy groups -OCH3 is 1. The van der Waals surface area contributed by atoms with E-state index in [0.29, 0.717) is 41.2 Å². The number of nitrogens with one attached hydrogen (secondary N) is 3. The number of halogens is 1. The van der Waals surface area contributed by atoms with Crippen LogP contribution in [0.1, 0.15) is 18.5 Å². The second-order valence-corrected chi connectivity index (χ2v) is 7.17. The van der Waals surface area contributed by atoms with Gasteiger partial charge < -0.3 is 20.1 Å². The highest BCUT2D eigenvalue weighted by Crippen LogP contribution is 2.40. The maximum Gasteiger partial charge on any atom is 0.167 e. The van der Waals surface area contributed by atoms with E-state index in [1.165, 1.54) is 25.6 Å². The van der Waals surface area contributed by atoms with Gasteiger partial charge in [0.15, 0.2) is 23.1 Å². The average Bonchev–Trinajstić information content (AvgIpc) is 3.27. The van der Waals surface area contributed by atoms with Gasteiger partial charge >= 0.3 is 0 Å². The molecule has 0 saturated carbocycles. The Labute approximate surface area is 178 Å². The Morgan fingerprint density at radius 3 is 2.90 bits per heavy atom. The standard InChI is InChI=1S/C21H22FN7O2/c1-30-21-15(22)4-5-17(31-12-13-3-2-6-24-9-13)20(21)16-7-18(29-28-16)27-19-11-25-14(8-23)10-26-19/h4-5,7,10-11,13,24H,2-3,6,9,12H2,1H3,(H2,26,27,28,29)/t13-/m0/s1. The molecular weight excluding hydrogens is 401 g/mol. The maximum absolute atomic E-state index is 14.5. The molecular formula is C21H22FN7O2. The highest BCUT2D eigenvalue weighted by molar-refractivity contribution is 5.76. The van der Waals surface area contributed by atoms with Gasteiger partial charge in [-0.05, 0) is 31.5 Å². The lowest BCUT2D eigenvalue weighted by Gasteiger charge is -2.23. The summed E-state index contributed by atoms with van der Waals surface area (Å²) in [5.41, 5.74) is 1.20. The molecule has 0 amide bonds. The number of hydrogen-bond acceptors (Lipinski definition) is 8. The molecule has 0 spiro atoms. The van der Waals surface area contributed by atoms with E-state index in [9.17, 15) is 4.39 Å². The lowest BCUT2D eigenvalue weighted by molar-refractivity contribution is 0.218. The summed E-state index contributed by atoms with van der Waals surface area (Å²) in [5, 5.41) is 22.3. The van der Waals surface area contributed by atoms with Crippen molar-refractivity contribution in [2.45, 2.75) is 12.8 Å². The molecule has 0 radical (unpaired) electrons. The van der Waals surface area contributed by atoms with Crippen LogP contribution in [0.4, 0.5) is 16.0 Å². The van der Waals surface area contributed by atoms with Gasteiger partial charge in [-0.3, -0.25) is 5.10 Å². The normalized spacial score (nSPS) is 15.8. The number of H-pyrrole nitrogens is 1. The van der Waals surface area contributed by atoms with E-state index in [2.05, 4.69) is 30.8 Å². The summed E-state index contributed by atoms with van der Waals surface area (Å²) in [4.78, 5) is 8.07. The molecule has 1 atom stereocenters. The monoisotopic (exact) mass is 423 g/mol. The number of rotatable bonds is 7. The van der Waals surface area contributed by atoms with E-state index in [1.807, 2.05) is 6.07 Å². The van der Waals surface area contributed by atoms with E-state index in [-0.39, 0.29) is 11.4 Å². The predicted octanol–water partition coefficient (Wildman–Crippen LogP) is 3.01. The number of nitrogens with zero attached hydrogens (tertiary/aromatic N) is 4. The Bertz CT molecular complexity index is 1070. The van der Waals surface area contributed by atoms with E-state index in [4.69, 9.17) is 14.7 Å². The Kier molecular flexibility index (Phi) is 6.24. The first-order valence-electron chi connectivity index (χ1n) is 9.93. The molecule has 1 saturated heterocycles. The molecule has 3 N–H and O–H groups in total. The number of aromatic nitrogens is 4. The number of aromatic amines is 1. The molecule has 0 aliphatic carbocycles. The first-order valence-corrected chi connectivity index (χ1v) is 9.93. The summed E-state index contributed by atoms with van der Waals surface area (Å²) in [6, 6.07) is 6.55. The van der Waals surface area contributed by atoms with Gasteiger partial charge in [-0.25, -0.2) is 14.4 Å². The van der Waals surface area contributed by atoms with Crippen LogP contribution in [0.15, 0.2) is 30.6 Å². The third-order valence-corrected chi connectivity index (χ3v) is 5.02. The first-order chi connectivity index (χ1) is 15.2. The number of piperidine rings is 1. The van der Waals surface area contributed by atoms with Gasteiger partial charge in [-0.15, -0.1) is 0 Å². The molecule has 9 nitrogen and oxygen atoms in total. The number of hydrogen-bond donors (Lipinski definition) is 3. The van der Waals surface area contributed by atoms with Crippen LogP contribution in [0.5, 0.6) is 11.5 Å². The van der Waals surface area contributed by atoms with Crippen LogP contribution in [0.25, 0.3) is 11.3 Å². The minimum atomic E-state index is -0.494. The van der Waals surface area contributed by atoms with Gasteiger partial charge in [0.2, 0.25) is 0 Å².